The van der Waals surface area contributed by atoms with Gasteiger partial charge in [0.1, 0.15) is 0 Å². The summed E-state index contributed by atoms with van der Waals surface area (Å²) in [4.78, 5) is 16.0. The summed E-state index contributed by atoms with van der Waals surface area (Å²) in [5, 5.41) is 1.13. The molecule has 1 aromatic carbocycles. The average Bonchev–Trinajstić information content (AvgIpc) is 3.29. The summed E-state index contributed by atoms with van der Waals surface area (Å²) in [5.41, 5.74) is 3.13. The number of nitrogens with zero attached hydrogens (tertiary/aromatic N) is 1. The molecule has 20 heavy (non-hydrogen) atoms. The molecule has 1 fully saturated rings. The van der Waals surface area contributed by atoms with Gasteiger partial charge >= 0.3 is 5.97 Å². The zero-order chi connectivity index (χ0) is 13.9. The van der Waals surface area contributed by atoms with E-state index >= 15 is 0 Å². The van der Waals surface area contributed by atoms with Gasteiger partial charge in [-0.25, -0.2) is 4.79 Å². The van der Waals surface area contributed by atoms with Gasteiger partial charge in [0.2, 0.25) is 0 Å². The van der Waals surface area contributed by atoms with Crippen molar-refractivity contribution < 1.29 is 9.53 Å². The van der Waals surface area contributed by atoms with E-state index in [1.807, 2.05) is 18.2 Å². The first kappa shape index (κ1) is 12.9. The number of aromatic nitrogens is 1. The van der Waals surface area contributed by atoms with Gasteiger partial charge in [0.05, 0.1) is 12.1 Å². The van der Waals surface area contributed by atoms with Gasteiger partial charge in [-0.1, -0.05) is 18.2 Å². The normalized spacial score (nSPS) is 14.8. The molecule has 3 nitrogen and oxygen atoms in total. The van der Waals surface area contributed by atoms with Crippen molar-refractivity contribution in [3.63, 3.8) is 0 Å². The monoisotopic (exact) mass is 267 g/mol. The molecule has 1 aliphatic carbocycles. The van der Waals surface area contributed by atoms with Crippen molar-refractivity contribution in [3.8, 4) is 0 Å². The van der Waals surface area contributed by atoms with Crippen LogP contribution in [0.2, 0.25) is 0 Å². The molecule has 102 valence electrons. The zero-order valence-electron chi connectivity index (χ0n) is 11.5. The number of benzene rings is 1. The lowest BCUT2D eigenvalue weighted by Gasteiger charge is -2.02. The summed E-state index contributed by atoms with van der Waals surface area (Å²) < 4.78 is 4.87. The Labute approximate surface area is 118 Å². The molecule has 0 amide bonds. The number of hydrogen-bond donors (Lipinski definition) is 0. The molecule has 0 atom stereocenters. The van der Waals surface area contributed by atoms with Gasteiger partial charge in [-0.2, -0.15) is 0 Å². The van der Waals surface area contributed by atoms with Crippen molar-refractivity contribution >= 4 is 22.9 Å². The van der Waals surface area contributed by atoms with E-state index in [1.165, 1.54) is 24.6 Å². The molecule has 3 rings (SSSR count). The number of carbonyl (C=O) groups excluding carboxylic acids is 1. The van der Waals surface area contributed by atoms with Crippen LogP contribution in [0.1, 0.15) is 36.9 Å². The van der Waals surface area contributed by atoms with Crippen molar-refractivity contribution in [1.29, 1.82) is 0 Å². The average molecular weight is 267 g/mol. The maximum Gasteiger partial charge on any atom is 0.330 e. The lowest BCUT2D eigenvalue weighted by Crippen LogP contribution is -1.98. The number of hydrogen-bond acceptors (Lipinski definition) is 3. The van der Waals surface area contributed by atoms with Crippen molar-refractivity contribution in [2.75, 3.05) is 6.61 Å². The minimum absolute atomic E-state index is 0.313. The van der Waals surface area contributed by atoms with Gasteiger partial charge in [-0.15, -0.1) is 0 Å². The highest BCUT2D eigenvalue weighted by Gasteiger charge is 2.24. The molecule has 0 N–H and O–H groups in total. The molecule has 1 heterocycles. The van der Waals surface area contributed by atoms with Crippen LogP contribution in [0, 0.1) is 0 Å². The second-order valence-corrected chi connectivity index (χ2v) is 5.05. The van der Waals surface area contributed by atoms with Gasteiger partial charge < -0.3 is 4.74 Å². The quantitative estimate of drug-likeness (QED) is 0.626. The largest absolute Gasteiger partial charge is 0.463 e. The Balaban J connectivity index is 1.86. The molecule has 1 saturated carbocycles. The molecule has 0 radical (unpaired) electrons. The maximum atomic E-state index is 11.3. The number of esters is 1. The predicted octanol–water partition coefficient (Wildman–Crippen LogP) is 3.69. The Bertz CT molecular complexity index is 672. The molecule has 2 aromatic rings. The van der Waals surface area contributed by atoms with E-state index < -0.39 is 0 Å². The first-order valence-electron chi connectivity index (χ1n) is 7.02. The molecular formula is C17H17NO2. The van der Waals surface area contributed by atoms with Crippen LogP contribution >= 0.6 is 0 Å². The van der Waals surface area contributed by atoms with Crippen molar-refractivity contribution in [1.82, 2.24) is 4.98 Å². The van der Waals surface area contributed by atoms with Crippen molar-refractivity contribution in [2.45, 2.75) is 25.7 Å². The van der Waals surface area contributed by atoms with Crippen LogP contribution in [0.25, 0.3) is 17.0 Å². The molecule has 0 aliphatic heterocycles. The van der Waals surface area contributed by atoms with E-state index in [4.69, 9.17) is 9.72 Å². The molecule has 0 bridgehead atoms. The minimum Gasteiger partial charge on any atom is -0.463 e. The van der Waals surface area contributed by atoms with Crippen LogP contribution in [0.4, 0.5) is 0 Å². The van der Waals surface area contributed by atoms with Crippen LogP contribution in [0.3, 0.4) is 0 Å². The van der Waals surface area contributed by atoms with E-state index in [9.17, 15) is 4.79 Å². The number of pyridine rings is 1. The first-order chi connectivity index (χ1) is 9.76. The molecular weight excluding hydrogens is 250 g/mol. The summed E-state index contributed by atoms with van der Waals surface area (Å²) in [6, 6.07) is 10.3. The Kier molecular flexibility index (Phi) is 3.50. The van der Waals surface area contributed by atoms with Crippen LogP contribution in [0.5, 0.6) is 0 Å². The van der Waals surface area contributed by atoms with Crippen LogP contribution in [0.15, 0.2) is 36.4 Å². The van der Waals surface area contributed by atoms with Crippen molar-refractivity contribution in [3.05, 3.63) is 47.7 Å². The summed E-state index contributed by atoms with van der Waals surface area (Å²) >= 11 is 0. The highest BCUT2D eigenvalue weighted by molar-refractivity contribution is 5.88. The predicted molar refractivity (Wildman–Crippen MR) is 79.4 cm³/mol. The van der Waals surface area contributed by atoms with E-state index in [0.717, 1.165) is 16.5 Å². The van der Waals surface area contributed by atoms with Gasteiger partial charge in [-0.3, -0.25) is 4.98 Å². The fourth-order valence-corrected chi connectivity index (χ4v) is 2.21. The smallest absolute Gasteiger partial charge is 0.330 e. The topological polar surface area (TPSA) is 39.2 Å². The van der Waals surface area contributed by atoms with Gasteiger partial charge in [-0.05, 0) is 43.5 Å². The number of ether oxygens (including phenoxy) is 1. The summed E-state index contributed by atoms with van der Waals surface area (Å²) in [6.07, 6.45) is 5.72. The first-order valence-corrected chi connectivity index (χ1v) is 7.02. The van der Waals surface area contributed by atoms with E-state index in [0.29, 0.717) is 12.5 Å². The highest BCUT2D eigenvalue weighted by atomic mass is 16.5. The third kappa shape index (κ3) is 2.87. The standard InChI is InChI=1S/C17H17NO2/c1-2-20-17(19)10-4-12-3-5-14-8-9-15(13-6-7-13)18-16(14)11-12/h3-5,8-11,13H,2,6-7H2,1H3/b10-4+. The fraction of sp³-hybridized carbons (Fsp3) is 0.294. The molecule has 0 spiro atoms. The fourth-order valence-electron chi connectivity index (χ4n) is 2.21. The third-order valence-corrected chi connectivity index (χ3v) is 3.43. The second kappa shape index (κ2) is 5.45. The molecule has 1 aliphatic rings. The SMILES string of the molecule is CCOC(=O)/C=C/c1ccc2ccc(C3CC3)nc2c1. The summed E-state index contributed by atoms with van der Waals surface area (Å²) in [5.74, 6) is 0.338. The molecule has 0 unspecified atom stereocenters. The Hall–Kier alpha value is -2.16. The maximum absolute atomic E-state index is 11.3. The third-order valence-electron chi connectivity index (χ3n) is 3.43. The summed E-state index contributed by atoms with van der Waals surface area (Å²) in [7, 11) is 0. The Morgan fingerprint density at radius 2 is 2.15 bits per heavy atom. The lowest BCUT2D eigenvalue weighted by molar-refractivity contribution is -0.137. The van der Waals surface area contributed by atoms with Crippen LogP contribution < -0.4 is 0 Å². The van der Waals surface area contributed by atoms with Gasteiger partial charge in [0, 0.05) is 23.1 Å². The Morgan fingerprint density at radius 1 is 1.35 bits per heavy atom. The Morgan fingerprint density at radius 3 is 2.90 bits per heavy atom. The summed E-state index contributed by atoms with van der Waals surface area (Å²) in [6.45, 7) is 2.19. The van der Waals surface area contributed by atoms with Crippen molar-refractivity contribution in [2.24, 2.45) is 0 Å². The van der Waals surface area contributed by atoms with E-state index in [1.54, 1.807) is 13.0 Å². The van der Waals surface area contributed by atoms with Gasteiger partial charge in [0.25, 0.3) is 0 Å². The molecule has 1 aromatic heterocycles. The van der Waals surface area contributed by atoms with Gasteiger partial charge in [0.15, 0.2) is 0 Å². The molecule has 0 saturated heterocycles. The van der Waals surface area contributed by atoms with Crippen LogP contribution in [-0.2, 0) is 9.53 Å². The zero-order valence-corrected chi connectivity index (χ0v) is 11.5. The van der Waals surface area contributed by atoms with E-state index in [2.05, 4.69) is 12.1 Å². The number of fused-ring (bicyclic) bond motifs is 1. The minimum atomic E-state index is -0.313. The molecule has 3 heteroatoms. The number of rotatable bonds is 4. The van der Waals surface area contributed by atoms with Crippen LogP contribution in [-0.4, -0.2) is 17.6 Å². The highest BCUT2D eigenvalue weighted by Crippen LogP contribution is 2.39. The lowest BCUT2D eigenvalue weighted by atomic mass is 10.1. The second-order valence-electron chi connectivity index (χ2n) is 5.05. The number of carbonyl (C=O) groups is 1. The van der Waals surface area contributed by atoms with E-state index in [-0.39, 0.29) is 5.97 Å².